The van der Waals surface area contributed by atoms with Crippen LogP contribution in [0, 0.1) is 23.7 Å². The third-order valence-corrected chi connectivity index (χ3v) is 11.0. The van der Waals surface area contributed by atoms with Crippen LogP contribution >= 0.6 is 23.2 Å². The molecular weight excluding hydrogens is 945 g/mol. The molecule has 6 aromatic rings. The van der Waals surface area contributed by atoms with Gasteiger partial charge in [0.25, 0.3) is 0 Å². The van der Waals surface area contributed by atoms with E-state index in [9.17, 15) is 52.8 Å². The Kier molecular flexibility index (Phi) is 15.1. The van der Waals surface area contributed by atoms with Crippen LogP contribution in [-0.2, 0) is 45.5 Å². The van der Waals surface area contributed by atoms with Crippen molar-refractivity contribution in [2.24, 2.45) is 0 Å². The Morgan fingerprint density at radius 2 is 1.09 bits per heavy atom. The van der Waals surface area contributed by atoms with Crippen LogP contribution in [0.2, 0.25) is 10.0 Å². The zero-order valence-corrected chi connectivity index (χ0v) is 35.5. The van der Waals surface area contributed by atoms with Gasteiger partial charge in [0.2, 0.25) is 0 Å². The standard InChI is InChI=1S/C21H16ClF3N2O5S.C19H12ClF3N2O5S/c1-2-31-20(28)13-33(29,30)12-17-18(27-11-15(22)7-9-19(27)26-17)8-6-14-4-3-5-16(10-14)32-21(23,24)25;20-13-5-7-17-24-15(10-31(28,29)11-18(26)27)16(25(17)9-13)6-4-12-2-1-3-14(8-12)30-19(21,22)23/h3-5,7,9-11H,2,12-13H2,1H3;1-3,5,7-9H,10-11H2,(H,26,27). The summed E-state index contributed by atoms with van der Waals surface area (Å²) in [5.74, 6) is 4.21. The number of imidazole rings is 2. The van der Waals surface area contributed by atoms with Gasteiger partial charge in [0.15, 0.2) is 19.7 Å². The molecule has 24 heteroatoms. The minimum atomic E-state index is -4.86. The number of sulfone groups is 2. The lowest BCUT2D eigenvalue weighted by Gasteiger charge is -2.08. The van der Waals surface area contributed by atoms with E-state index in [1.165, 1.54) is 57.6 Å². The number of carbonyl (C=O) groups excluding carboxylic acids is 1. The number of aromatic nitrogens is 4. The van der Waals surface area contributed by atoms with Crippen molar-refractivity contribution in [2.45, 2.75) is 31.2 Å². The van der Waals surface area contributed by atoms with Crippen molar-refractivity contribution in [1.82, 2.24) is 18.8 Å². The predicted molar refractivity (Wildman–Crippen MR) is 218 cm³/mol. The van der Waals surface area contributed by atoms with Crippen molar-refractivity contribution < 1.29 is 72.1 Å². The van der Waals surface area contributed by atoms with E-state index in [2.05, 4.69) is 43.1 Å². The van der Waals surface area contributed by atoms with Crippen LogP contribution in [0.15, 0.2) is 85.2 Å². The van der Waals surface area contributed by atoms with Gasteiger partial charge in [-0.05, 0) is 79.4 Å². The Hall–Kier alpha value is -6.46. The first-order valence-corrected chi connectivity index (χ1v) is 22.1. The van der Waals surface area contributed by atoms with Crippen LogP contribution in [0.4, 0.5) is 26.3 Å². The molecule has 6 rings (SSSR count). The van der Waals surface area contributed by atoms with E-state index >= 15 is 0 Å². The fourth-order valence-corrected chi connectivity index (χ4v) is 8.07. The smallest absolute Gasteiger partial charge is 0.480 e. The Morgan fingerprint density at radius 1 is 0.672 bits per heavy atom. The Bertz CT molecular complexity index is 3100. The summed E-state index contributed by atoms with van der Waals surface area (Å²) in [6.45, 7) is 1.59. The SMILES string of the molecule is CCOC(=O)CS(=O)(=O)Cc1nc2ccc(Cl)cn2c1C#Cc1cccc(OC(F)(F)F)c1.O=C(O)CS(=O)(=O)Cc1nc2ccc(Cl)cn2c1C#Cc1cccc(OC(F)(F)F)c1. The summed E-state index contributed by atoms with van der Waals surface area (Å²) in [4.78, 5) is 30.9. The summed E-state index contributed by atoms with van der Waals surface area (Å²) in [6, 6.07) is 16.1. The van der Waals surface area contributed by atoms with Crippen molar-refractivity contribution in [3.63, 3.8) is 0 Å². The van der Waals surface area contributed by atoms with Gasteiger partial charge in [-0.3, -0.25) is 18.4 Å². The third-order valence-electron chi connectivity index (χ3n) is 7.79. The van der Waals surface area contributed by atoms with Crippen LogP contribution in [0.25, 0.3) is 11.3 Å². The van der Waals surface area contributed by atoms with Crippen molar-refractivity contribution >= 4 is 66.1 Å². The third kappa shape index (κ3) is 14.6. The van der Waals surface area contributed by atoms with E-state index in [4.69, 9.17) is 33.0 Å². The maximum absolute atomic E-state index is 12.5. The van der Waals surface area contributed by atoms with Crippen molar-refractivity contribution in [3.05, 3.63) is 129 Å². The molecule has 0 radical (unpaired) electrons. The number of pyridine rings is 2. The average molecular weight is 974 g/mol. The van der Waals surface area contributed by atoms with Gasteiger partial charge in [0.05, 0.1) is 39.5 Å². The van der Waals surface area contributed by atoms with E-state index in [0.717, 1.165) is 24.3 Å². The molecule has 4 heterocycles. The quantitative estimate of drug-likeness (QED) is 0.0794. The molecular formula is C40H28Cl2F6N4O10S2. The van der Waals surface area contributed by atoms with Gasteiger partial charge < -0.3 is 19.3 Å². The molecule has 0 unspecified atom stereocenters. The van der Waals surface area contributed by atoms with Gasteiger partial charge in [-0.2, -0.15) is 0 Å². The minimum Gasteiger partial charge on any atom is -0.480 e. The van der Waals surface area contributed by atoms with Gasteiger partial charge in [-0.1, -0.05) is 47.2 Å². The maximum atomic E-state index is 12.5. The Balaban J connectivity index is 0.000000241. The summed E-state index contributed by atoms with van der Waals surface area (Å²) >= 11 is 12.0. The highest BCUT2D eigenvalue weighted by molar-refractivity contribution is 7.91. The maximum Gasteiger partial charge on any atom is 0.573 e. The summed E-state index contributed by atoms with van der Waals surface area (Å²) in [5, 5.41) is 9.41. The zero-order chi connectivity index (χ0) is 47.0. The lowest BCUT2D eigenvalue weighted by molar-refractivity contribution is -0.275. The topological polar surface area (TPSA) is 185 Å². The molecule has 0 amide bonds. The Morgan fingerprint density at radius 3 is 1.48 bits per heavy atom. The number of carbonyl (C=O) groups is 2. The molecule has 64 heavy (non-hydrogen) atoms. The number of esters is 1. The second-order valence-corrected chi connectivity index (χ2v) is 17.9. The highest BCUT2D eigenvalue weighted by Crippen LogP contribution is 2.26. The molecule has 2 aromatic carbocycles. The number of halogens is 8. The summed E-state index contributed by atoms with van der Waals surface area (Å²) < 4.78 is 139. The summed E-state index contributed by atoms with van der Waals surface area (Å²) in [5.41, 5.74) is 1.31. The largest absolute Gasteiger partial charge is 0.573 e. The highest BCUT2D eigenvalue weighted by Gasteiger charge is 2.32. The molecule has 0 aliphatic carbocycles. The first-order chi connectivity index (χ1) is 29.9. The van der Waals surface area contributed by atoms with E-state index in [1.54, 1.807) is 19.1 Å². The second-order valence-electron chi connectivity index (χ2n) is 12.9. The summed E-state index contributed by atoms with van der Waals surface area (Å²) in [6.07, 6.45) is -6.82. The lowest BCUT2D eigenvalue weighted by atomic mass is 10.2. The van der Waals surface area contributed by atoms with Gasteiger partial charge in [0, 0.05) is 23.5 Å². The number of benzene rings is 2. The average Bonchev–Trinajstić information content (AvgIpc) is 3.65. The van der Waals surface area contributed by atoms with E-state index in [1.807, 2.05) is 0 Å². The van der Waals surface area contributed by atoms with Crippen LogP contribution in [0.1, 0.15) is 40.8 Å². The molecule has 0 saturated heterocycles. The van der Waals surface area contributed by atoms with Crippen molar-refractivity contribution in [3.8, 4) is 35.2 Å². The zero-order valence-electron chi connectivity index (χ0n) is 32.4. The van der Waals surface area contributed by atoms with Gasteiger partial charge >= 0.3 is 24.7 Å². The molecule has 0 aliphatic rings. The molecule has 1 N–H and O–H groups in total. The first kappa shape index (κ1) is 48.6. The molecule has 0 fully saturated rings. The first-order valence-electron chi connectivity index (χ1n) is 17.7. The number of hydrogen-bond donors (Lipinski definition) is 1. The van der Waals surface area contributed by atoms with Gasteiger partial charge in [-0.15, -0.1) is 26.3 Å². The monoisotopic (exact) mass is 972 g/mol. The Labute approximate surface area is 369 Å². The lowest BCUT2D eigenvalue weighted by Crippen LogP contribution is -2.20. The number of hydrogen-bond acceptors (Lipinski definition) is 11. The number of nitrogens with zero attached hydrogens (tertiary/aromatic N) is 4. The fourth-order valence-electron chi connectivity index (χ4n) is 5.49. The molecule has 336 valence electrons. The van der Waals surface area contributed by atoms with E-state index < -0.39 is 78.8 Å². The fraction of sp³-hybridized carbons (Fsp3) is 0.200. The van der Waals surface area contributed by atoms with Crippen LogP contribution in [0.5, 0.6) is 11.5 Å². The van der Waals surface area contributed by atoms with E-state index in [0.29, 0.717) is 21.3 Å². The number of fused-ring (bicyclic) bond motifs is 2. The summed E-state index contributed by atoms with van der Waals surface area (Å²) in [7, 11) is -7.99. The molecule has 0 spiro atoms. The van der Waals surface area contributed by atoms with Crippen LogP contribution < -0.4 is 9.47 Å². The number of carboxylic acids is 1. The van der Waals surface area contributed by atoms with Crippen LogP contribution in [0.3, 0.4) is 0 Å². The predicted octanol–water partition coefficient (Wildman–Crippen LogP) is 7.05. The van der Waals surface area contributed by atoms with Crippen molar-refractivity contribution in [2.75, 3.05) is 18.1 Å². The minimum absolute atomic E-state index is 0.0151. The molecule has 4 aromatic heterocycles. The van der Waals surface area contributed by atoms with E-state index in [-0.39, 0.29) is 40.5 Å². The van der Waals surface area contributed by atoms with Crippen LogP contribution in [-0.4, -0.2) is 83.5 Å². The van der Waals surface area contributed by atoms with Gasteiger partial charge in [-0.25, -0.2) is 26.8 Å². The molecule has 0 atom stereocenters. The second kappa shape index (κ2) is 19.9. The molecule has 0 aliphatic heterocycles. The highest BCUT2D eigenvalue weighted by atomic mass is 35.5. The number of rotatable bonds is 11. The number of carboxylic acid groups (broad SMARTS) is 1. The number of ether oxygens (including phenoxy) is 3. The number of aliphatic carboxylic acids is 1. The normalized spacial score (nSPS) is 11.7. The molecule has 0 saturated carbocycles. The van der Waals surface area contributed by atoms with Gasteiger partial charge in [0.1, 0.15) is 45.7 Å². The molecule has 0 bridgehead atoms. The van der Waals surface area contributed by atoms with Crippen molar-refractivity contribution in [1.29, 1.82) is 0 Å². The number of alkyl halides is 6. The molecule has 14 nitrogen and oxygen atoms in total.